The average Bonchev–Trinajstić information content (AvgIpc) is 2.03. The van der Waals surface area contributed by atoms with Crippen molar-refractivity contribution in [3.05, 3.63) is 12.2 Å². The van der Waals surface area contributed by atoms with Gasteiger partial charge in [0.25, 0.3) is 0 Å². The molecule has 2 atom stereocenters. The van der Waals surface area contributed by atoms with Crippen LogP contribution in [-0.2, 0) is 0 Å². The number of nitrogens with zero attached hydrogens (tertiary/aromatic N) is 1. The average molecular weight is 265 g/mol. The van der Waals surface area contributed by atoms with Gasteiger partial charge in [0, 0.05) is 23.0 Å². The molecular weight excluding hydrogens is 234 g/mol. The van der Waals surface area contributed by atoms with Gasteiger partial charge < -0.3 is 5.11 Å². The zero-order chi connectivity index (χ0) is 14.6. The fourth-order valence-electron chi connectivity index (χ4n) is 4.42. The smallest absolute Gasteiger partial charge is 0.0575 e. The summed E-state index contributed by atoms with van der Waals surface area (Å²) in [7, 11) is 0. The van der Waals surface area contributed by atoms with Crippen molar-refractivity contribution in [3.8, 4) is 0 Å². The van der Waals surface area contributed by atoms with Crippen molar-refractivity contribution in [2.45, 2.75) is 84.5 Å². The van der Waals surface area contributed by atoms with Gasteiger partial charge in [0.1, 0.15) is 0 Å². The van der Waals surface area contributed by atoms with Crippen LogP contribution in [0.4, 0.5) is 0 Å². The maximum absolute atomic E-state index is 10.2. The zero-order valence-corrected chi connectivity index (χ0v) is 13.7. The summed E-state index contributed by atoms with van der Waals surface area (Å²) in [5.41, 5.74) is 0.418. The van der Waals surface area contributed by atoms with Crippen molar-refractivity contribution in [2.75, 3.05) is 0 Å². The second-order valence-corrected chi connectivity index (χ2v) is 8.82. The summed E-state index contributed by atoms with van der Waals surface area (Å²) in [5.74, 6) is 0.612. The summed E-state index contributed by atoms with van der Waals surface area (Å²) in [4.78, 5) is 2.66. The number of rotatable bonds is 1. The van der Waals surface area contributed by atoms with Crippen LogP contribution in [0, 0.1) is 11.3 Å². The van der Waals surface area contributed by atoms with Gasteiger partial charge in [-0.1, -0.05) is 32.9 Å². The van der Waals surface area contributed by atoms with Crippen LogP contribution in [0.25, 0.3) is 0 Å². The molecule has 1 fully saturated rings. The van der Waals surface area contributed by atoms with Crippen LogP contribution >= 0.6 is 0 Å². The van der Waals surface area contributed by atoms with E-state index in [1.807, 2.05) is 0 Å². The Labute approximate surface area is 118 Å². The van der Waals surface area contributed by atoms with Crippen LogP contribution in [0.15, 0.2) is 12.2 Å². The molecule has 1 N–H and O–H groups in total. The van der Waals surface area contributed by atoms with Gasteiger partial charge in [0.15, 0.2) is 0 Å². The molecule has 2 nitrogen and oxygen atoms in total. The Morgan fingerprint density at radius 3 is 1.79 bits per heavy atom. The Hall–Kier alpha value is -0.340. The predicted molar refractivity (Wildman–Crippen MR) is 81.1 cm³/mol. The lowest BCUT2D eigenvalue weighted by molar-refractivity contribution is -0.114. The van der Waals surface area contributed by atoms with Crippen molar-refractivity contribution >= 4 is 0 Å². The van der Waals surface area contributed by atoms with E-state index < -0.39 is 0 Å². The molecule has 0 aromatic carbocycles. The Kier molecular flexibility index (Phi) is 3.43. The molecule has 1 aliphatic heterocycles. The van der Waals surface area contributed by atoms with E-state index in [-0.39, 0.29) is 17.2 Å². The molecular formula is C17H31NO. The third-order valence-corrected chi connectivity index (χ3v) is 4.96. The van der Waals surface area contributed by atoms with Gasteiger partial charge in [-0.3, -0.25) is 4.90 Å². The van der Waals surface area contributed by atoms with E-state index >= 15 is 0 Å². The van der Waals surface area contributed by atoms with Crippen molar-refractivity contribution < 1.29 is 5.11 Å². The van der Waals surface area contributed by atoms with E-state index in [0.717, 1.165) is 12.8 Å². The van der Waals surface area contributed by atoms with E-state index in [1.54, 1.807) is 0 Å². The van der Waals surface area contributed by atoms with E-state index in [2.05, 4.69) is 65.5 Å². The highest BCUT2D eigenvalue weighted by molar-refractivity contribution is 5.21. The summed E-state index contributed by atoms with van der Waals surface area (Å²) >= 11 is 0. The van der Waals surface area contributed by atoms with E-state index in [9.17, 15) is 5.11 Å². The first kappa shape index (κ1) is 15.1. The highest BCUT2D eigenvalue weighted by Crippen LogP contribution is 2.47. The topological polar surface area (TPSA) is 23.5 Å². The standard InChI is InChI=1S/C17H31NO/c1-15(2,3)13-8-9-14(13)18-16(4,5)10-12(19)11-17(18,6)7/h8-9,12-14,19H,10-11H2,1-7H3. The minimum absolute atomic E-state index is 0.0556. The summed E-state index contributed by atoms with van der Waals surface area (Å²) in [5, 5.41) is 10.2. The van der Waals surface area contributed by atoms with Gasteiger partial charge >= 0.3 is 0 Å². The van der Waals surface area contributed by atoms with Crippen LogP contribution in [0.1, 0.15) is 61.3 Å². The Bertz CT molecular complexity index is 357. The van der Waals surface area contributed by atoms with Gasteiger partial charge in [0.05, 0.1) is 6.10 Å². The summed E-state index contributed by atoms with van der Waals surface area (Å²) in [6.45, 7) is 16.1. The maximum Gasteiger partial charge on any atom is 0.0575 e. The Balaban J connectivity index is 2.30. The summed E-state index contributed by atoms with van der Waals surface area (Å²) in [6, 6.07) is 0.512. The molecule has 0 bridgehead atoms. The van der Waals surface area contributed by atoms with Gasteiger partial charge in [-0.25, -0.2) is 0 Å². The Morgan fingerprint density at radius 2 is 1.47 bits per heavy atom. The quantitative estimate of drug-likeness (QED) is 0.732. The highest BCUT2D eigenvalue weighted by atomic mass is 16.3. The second kappa shape index (κ2) is 4.33. The zero-order valence-electron chi connectivity index (χ0n) is 13.7. The van der Waals surface area contributed by atoms with Gasteiger partial charge in [0.2, 0.25) is 0 Å². The molecule has 2 heteroatoms. The van der Waals surface area contributed by atoms with Crippen molar-refractivity contribution in [1.29, 1.82) is 0 Å². The third-order valence-electron chi connectivity index (χ3n) is 4.96. The van der Waals surface area contributed by atoms with Gasteiger partial charge in [-0.15, -0.1) is 0 Å². The molecule has 2 aliphatic rings. The minimum atomic E-state index is -0.168. The number of aliphatic hydroxyl groups is 1. The molecule has 110 valence electrons. The molecule has 1 aliphatic carbocycles. The largest absolute Gasteiger partial charge is 0.393 e. The number of likely N-dealkylation sites (tertiary alicyclic amines) is 1. The second-order valence-electron chi connectivity index (χ2n) is 8.82. The molecule has 0 radical (unpaired) electrons. The van der Waals surface area contributed by atoms with Crippen LogP contribution in [-0.4, -0.2) is 33.2 Å². The fraction of sp³-hybridized carbons (Fsp3) is 0.882. The molecule has 0 aromatic rings. The predicted octanol–water partition coefficient (Wildman–Crippen LogP) is 3.60. The molecule has 0 amide bonds. The van der Waals surface area contributed by atoms with Crippen molar-refractivity contribution in [2.24, 2.45) is 11.3 Å². The monoisotopic (exact) mass is 265 g/mol. The molecule has 1 heterocycles. The number of hydrogen-bond donors (Lipinski definition) is 1. The number of piperidine rings is 1. The normalized spacial score (nSPS) is 35.2. The third kappa shape index (κ3) is 2.62. The first-order valence-electron chi connectivity index (χ1n) is 7.61. The van der Waals surface area contributed by atoms with Gasteiger partial charge in [-0.05, 0) is 46.0 Å². The maximum atomic E-state index is 10.2. The van der Waals surface area contributed by atoms with Crippen LogP contribution in [0.2, 0.25) is 0 Å². The fourth-order valence-corrected chi connectivity index (χ4v) is 4.42. The highest BCUT2D eigenvalue weighted by Gasteiger charge is 2.51. The SMILES string of the molecule is CC(C)(C)C1C=CC1N1C(C)(C)CC(O)CC1(C)C. The first-order chi connectivity index (χ1) is 8.45. The van der Waals surface area contributed by atoms with Crippen molar-refractivity contribution in [3.63, 3.8) is 0 Å². The van der Waals surface area contributed by atoms with Crippen molar-refractivity contribution in [1.82, 2.24) is 4.90 Å². The molecule has 0 spiro atoms. The number of hydrogen-bond acceptors (Lipinski definition) is 2. The van der Waals surface area contributed by atoms with Crippen LogP contribution < -0.4 is 0 Å². The lowest BCUT2D eigenvalue weighted by atomic mass is 9.66. The molecule has 2 rings (SSSR count). The molecule has 1 saturated heterocycles. The van der Waals surface area contributed by atoms with Gasteiger partial charge in [-0.2, -0.15) is 0 Å². The first-order valence-corrected chi connectivity index (χ1v) is 7.61. The van der Waals surface area contributed by atoms with Crippen LogP contribution in [0.5, 0.6) is 0 Å². The molecule has 0 saturated carbocycles. The Morgan fingerprint density at radius 1 is 1.00 bits per heavy atom. The van der Waals surface area contributed by atoms with Crippen LogP contribution in [0.3, 0.4) is 0 Å². The van der Waals surface area contributed by atoms with E-state index in [4.69, 9.17) is 0 Å². The molecule has 19 heavy (non-hydrogen) atoms. The van der Waals surface area contributed by atoms with E-state index in [0.29, 0.717) is 17.4 Å². The lowest BCUT2D eigenvalue weighted by Crippen LogP contribution is -2.68. The minimum Gasteiger partial charge on any atom is -0.393 e. The summed E-state index contributed by atoms with van der Waals surface area (Å²) < 4.78 is 0. The lowest BCUT2D eigenvalue weighted by Gasteiger charge is -2.61. The molecule has 2 unspecified atom stereocenters. The summed E-state index contributed by atoms with van der Waals surface area (Å²) in [6.07, 6.45) is 6.30. The molecule has 0 aromatic heterocycles. The van der Waals surface area contributed by atoms with E-state index in [1.165, 1.54) is 0 Å². The number of aliphatic hydroxyl groups excluding tert-OH is 1.